The van der Waals surface area contributed by atoms with Gasteiger partial charge in [-0.1, -0.05) is 36.4 Å². The van der Waals surface area contributed by atoms with E-state index in [0.29, 0.717) is 12.1 Å². The SMILES string of the molecule is CCN(C(=O)Cc1c(C(=O)O)[nH]c2ccccc12)c1ccccc1. The molecule has 5 heteroatoms. The first-order valence-electron chi connectivity index (χ1n) is 7.80. The molecule has 2 aromatic carbocycles. The number of aromatic carboxylic acids is 1. The summed E-state index contributed by atoms with van der Waals surface area (Å²) >= 11 is 0. The fourth-order valence-corrected chi connectivity index (χ4v) is 2.92. The van der Waals surface area contributed by atoms with Crippen molar-refractivity contribution >= 4 is 28.5 Å². The number of nitrogens with one attached hydrogen (secondary N) is 1. The number of benzene rings is 2. The highest BCUT2D eigenvalue weighted by molar-refractivity contribution is 6.03. The zero-order chi connectivity index (χ0) is 17.1. The minimum Gasteiger partial charge on any atom is -0.477 e. The number of rotatable bonds is 5. The van der Waals surface area contributed by atoms with Gasteiger partial charge in [0.2, 0.25) is 5.91 Å². The molecule has 24 heavy (non-hydrogen) atoms. The minimum atomic E-state index is -1.06. The van der Waals surface area contributed by atoms with Gasteiger partial charge in [-0.15, -0.1) is 0 Å². The van der Waals surface area contributed by atoms with Crippen LogP contribution < -0.4 is 4.90 Å². The summed E-state index contributed by atoms with van der Waals surface area (Å²) in [7, 11) is 0. The number of amides is 1. The van der Waals surface area contributed by atoms with Gasteiger partial charge in [0.15, 0.2) is 0 Å². The maximum atomic E-state index is 12.8. The molecule has 3 rings (SSSR count). The van der Waals surface area contributed by atoms with Crippen LogP contribution in [0.4, 0.5) is 5.69 Å². The zero-order valence-electron chi connectivity index (χ0n) is 13.3. The van der Waals surface area contributed by atoms with Gasteiger partial charge in [-0.3, -0.25) is 4.79 Å². The summed E-state index contributed by atoms with van der Waals surface area (Å²) < 4.78 is 0. The van der Waals surface area contributed by atoms with Gasteiger partial charge in [-0.05, 0) is 25.1 Å². The molecule has 122 valence electrons. The van der Waals surface area contributed by atoms with Crippen molar-refractivity contribution in [3.05, 3.63) is 65.9 Å². The van der Waals surface area contributed by atoms with E-state index in [0.717, 1.165) is 16.6 Å². The van der Waals surface area contributed by atoms with Crippen LogP contribution in [-0.4, -0.2) is 28.5 Å². The Hall–Kier alpha value is -3.08. The Morgan fingerprint density at radius 2 is 1.71 bits per heavy atom. The second-order valence-corrected chi connectivity index (χ2v) is 5.48. The molecule has 1 heterocycles. The smallest absolute Gasteiger partial charge is 0.352 e. The number of aromatic nitrogens is 1. The molecular weight excluding hydrogens is 304 g/mol. The third-order valence-corrected chi connectivity index (χ3v) is 4.04. The number of hydrogen-bond acceptors (Lipinski definition) is 2. The Labute approximate surface area is 139 Å². The quantitative estimate of drug-likeness (QED) is 0.755. The van der Waals surface area contributed by atoms with Crippen molar-refractivity contribution in [1.82, 2.24) is 4.98 Å². The maximum absolute atomic E-state index is 12.8. The second-order valence-electron chi connectivity index (χ2n) is 5.48. The van der Waals surface area contributed by atoms with E-state index in [1.165, 1.54) is 0 Å². The average Bonchev–Trinajstić information content (AvgIpc) is 2.95. The lowest BCUT2D eigenvalue weighted by Gasteiger charge is -2.21. The van der Waals surface area contributed by atoms with Crippen LogP contribution in [0.3, 0.4) is 0 Å². The van der Waals surface area contributed by atoms with E-state index in [2.05, 4.69) is 4.98 Å². The number of carbonyl (C=O) groups is 2. The van der Waals surface area contributed by atoms with E-state index in [-0.39, 0.29) is 18.0 Å². The average molecular weight is 322 g/mol. The van der Waals surface area contributed by atoms with Crippen molar-refractivity contribution in [1.29, 1.82) is 0 Å². The molecule has 1 amide bonds. The molecule has 0 spiro atoms. The standard InChI is InChI=1S/C19H18N2O3/c1-2-21(13-8-4-3-5-9-13)17(22)12-15-14-10-6-7-11-16(14)20-18(15)19(23)24/h3-11,20H,2,12H2,1H3,(H,23,24). The van der Waals surface area contributed by atoms with Crippen LogP contribution in [0.15, 0.2) is 54.6 Å². The molecule has 0 atom stereocenters. The molecule has 3 aromatic rings. The summed E-state index contributed by atoms with van der Waals surface area (Å²) in [4.78, 5) is 28.9. The summed E-state index contributed by atoms with van der Waals surface area (Å²) in [6, 6.07) is 16.7. The Balaban J connectivity index is 1.98. The fraction of sp³-hybridized carbons (Fsp3) is 0.158. The monoisotopic (exact) mass is 322 g/mol. The van der Waals surface area contributed by atoms with Crippen LogP contribution in [0.5, 0.6) is 0 Å². The number of para-hydroxylation sites is 2. The normalized spacial score (nSPS) is 10.7. The number of H-pyrrole nitrogens is 1. The highest BCUT2D eigenvalue weighted by atomic mass is 16.4. The molecule has 0 saturated heterocycles. The largest absolute Gasteiger partial charge is 0.477 e. The van der Waals surface area contributed by atoms with Crippen LogP contribution in [0.2, 0.25) is 0 Å². The van der Waals surface area contributed by atoms with Crippen molar-refractivity contribution in [2.75, 3.05) is 11.4 Å². The zero-order valence-corrected chi connectivity index (χ0v) is 13.3. The molecule has 0 radical (unpaired) electrons. The Morgan fingerprint density at radius 1 is 1.04 bits per heavy atom. The lowest BCUT2D eigenvalue weighted by Crippen LogP contribution is -2.32. The van der Waals surface area contributed by atoms with Crippen LogP contribution in [0.1, 0.15) is 23.0 Å². The topological polar surface area (TPSA) is 73.4 Å². The molecule has 5 nitrogen and oxygen atoms in total. The van der Waals surface area contributed by atoms with Gasteiger partial charge >= 0.3 is 5.97 Å². The van der Waals surface area contributed by atoms with Crippen LogP contribution in [0.25, 0.3) is 10.9 Å². The second kappa shape index (κ2) is 6.58. The van der Waals surface area contributed by atoms with Crippen molar-refractivity contribution in [3.63, 3.8) is 0 Å². The van der Waals surface area contributed by atoms with Crippen molar-refractivity contribution in [2.24, 2.45) is 0 Å². The van der Waals surface area contributed by atoms with E-state index >= 15 is 0 Å². The van der Waals surface area contributed by atoms with Crippen molar-refractivity contribution < 1.29 is 14.7 Å². The van der Waals surface area contributed by atoms with Gasteiger partial charge in [-0.25, -0.2) is 4.79 Å². The fourth-order valence-electron chi connectivity index (χ4n) is 2.92. The van der Waals surface area contributed by atoms with Crippen molar-refractivity contribution in [3.8, 4) is 0 Å². The summed E-state index contributed by atoms with van der Waals surface area (Å²) in [5.41, 5.74) is 2.13. The molecule has 0 aliphatic heterocycles. The van der Waals surface area contributed by atoms with E-state index in [4.69, 9.17) is 0 Å². The number of likely N-dealkylation sites (N-methyl/N-ethyl adjacent to an activating group) is 1. The van der Waals surface area contributed by atoms with E-state index < -0.39 is 5.97 Å². The molecule has 0 aliphatic rings. The first kappa shape index (κ1) is 15.8. The summed E-state index contributed by atoms with van der Waals surface area (Å²) in [5, 5.41) is 10.2. The molecule has 0 bridgehead atoms. The number of carbonyl (C=O) groups excluding carboxylic acids is 1. The number of carboxylic acid groups (broad SMARTS) is 1. The molecule has 0 aliphatic carbocycles. The van der Waals surface area contributed by atoms with Crippen LogP contribution in [0, 0.1) is 0 Å². The molecule has 1 aromatic heterocycles. The lowest BCUT2D eigenvalue weighted by atomic mass is 10.1. The Morgan fingerprint density at radius 3 is 2.38 bits per heavy atom. The summed E-state index contributed by atoms with van der Waals surface area (Å²) in [6.07, 6.45) is 0.0361. The van der Waals surface area contributed by atoms with E-state index in [1.54, 1.807) is 4.90 Å². The number of nitrogens with zero attached hydrogens (tertiary/aromatic N) is 1. The number of fused-ring (bicyclic) bond motifs is 1. The number of hydrogen-bond donors (Lipinski definition) is 2. The highest BCUT2D eigenvalue weighted by Gasteiger charge is 2.22. The minimum absolute atomic E-state index is 0.0361. The van der Waals surface area contributed by atoms with Gasteiger partial charge < -0.3 is 15.0 Å². The Kier molecular flexibility index (Phi) is 4.33. The van der Waals surface area contributed by atoms with Crippen LogP contribution >= 0.6 is 0 Å². The number of carboxylic acids is 1. The third-order valence-electron chi connectivity index (χ3n) is 4.04. The summed E-state index contributed by atoms with van der Waals surface area (Å²) in [6.45, 7) is 2.42. The van der Waals surface area contributed by atoms with Gasteiger partial charge in [0.25, 0.3) is 0 Å². The number of anilines is 1. The maximum Gasteiger partial charge on any atom is 0.352 e. The molecule has 0 unspecified atom stereocenters. The molecule has 0 saturated carbocycles. The van der Waals surface area contributed by atoms with Gasteiger partial charge in [0.05, 0.1) is 6.42 Å². The van der Waals surface area contributed by atoms with Crippen LogP contribution in [-0.2, 0) is 11.2 Å². The van der Waals surface area contributed by atoms with Gasteiger partial charge in [0.1, 0.15) is 5.69 Å². The lowest BCUT2D eigenvalue weighted by molar-refractivity contribution is -0.117. The van der Waals surface area contributed by atoms with E-state index in [9.17, 15) is 14.7 Å². The number of aromatic amines is 1. The summed E-state index contributed by atoms with van der Waals surface area (Å²) in [5.74, 6) is -1.19. The molecule has 0 fully saturated rings. The highest BCUT2D eigenvalue weighted by Crippen LogP contribution is 2.24. The third kappa shape index (κ3) is 2.88. The molecular formula is C19H18N2O3. The van der Waals surface area contributed by atoms with Crippen molar-refractivity contribution in [2.45, 2.75) is 13.3 Å². The Bertz CT molecular complexity index is 884. The van der Waals surface area contributed by atoms with Gasteiger partial charge in [-0.2, -0.15) is 0 Å². The van der Waals surface area contributed by atoms with E-state index in [1.807, 2.05) is 61.5 Å². The first-order chi connectivity index (χ1) is 11.6. The predicted molar refractivity (Wildman–Crippen MR) is 93.4 cm³/mol. The predicted octanol–water partition coefficient (Wildman–Crippen LogP) is 3.46. The van der Waals surface area contributed by atoms with Gasteiger partial charge in [0, 0.05) is 28.7 Å². The molecule has 2 N–H and O–H groups in total. The first-order valence-corrected chi connectivity index (χ1v) is 7.80.